The Morgan fingerprint density at radius 3 is 2.48 bits per heavy atom. The molecule has 0 spiro atoms. The lowest BCUT2D eigenvalue weighted by Crippen LogP contribution is -2.49. The maximum absolute atomic E-state index is 12.4. The summed E-state index contributed by atoms with van der Waals surface area (Å²) in [7, 11) is 0. The molecule has 0 N–H and O–H groups in total. The van der Waals surface area contributed by atoms with Crippen LogP contribution in [-0.4, -0.2) is 80.9 Å². The van der Waals surface area contributed by atoms with Crippen molar-refractivity contribution in [3.05, 3.63) is 36.9 Å². The van der Waals surface area contributed by atoms with Gasteiger partial charge < -0.3 is 14.7 Å². The van der Waals surface area contributed by atoms with Crippen LogP contribution in [-0.2, 0) is 4.79 Å². The monoisotopic (exact) mass is 447 g/mol. The van der Waals surface area contributed by atoms with E-state index in [1.807, 2.05) is 16.9 Å². The summed E-state index contributed by atoms with van der Waals surface area (Å²) in [4.78, 5) is 19.4. The van der Waals surface area contributed by atoms with E-state index in [2.05, 4.69) is 55.9 Å². The Bertz CT molecular complexity index is 1130. The van der Waals surface area contributed by atoms with Crippen LogP contribution in [0.2, 0.25) is 0 Å². The van der Waals surface area contributed by atoms with E-state index in [0.29, 0.717) is 17.9 Å². The first kappa shape index (κ1) is 20.7. The van der Waals surface area contributed by atoms with E-state index in [9.17, 15) is 4.79 Å². The lowest BCUT2D eigenvalue weighted by atomic mass is 10.1. The van der Waals surface area contributed by atoms with Crippen molar-refractivity contribution in [1.29, 1.82) is 0 Å². The van der Waals surface area contributed by atoms with E-state index in [1.165, 1.54) is 5.69 Å². The minimum atomic E-state index is 0.303. The molecule has 5 heterocycles. The summed E-state index contributed by atoms with van der Waals surface area (Å²) in [5.41, 5.74) is 4.59. The summed E-state index contributed by atoms with van der Waals surface area (Å²) >= 11 is 0. The second-order valence-electron chi connectivity index (χ2n) is 9.74. The largest absolute Gasteiger partial charge is 0.366 e. The van der Waals surface area contributed by atoms with Gasteiger partial charge in [-0.2, -0.15) is 10.2 Å². The third-order valence-corrected chi connectivity index (χ3v) is 7.66. The van der Waals surface area contributed by atoms with Gasteiger partial charge in [0.15, 0.2) is 0 Å². The van der Waals surface area contributed by atoms with Crippen molar-refractivity contribution in [2.45, 2.75) is 38.6 Å². The number of nitrogens with zero attached hydrogens (tertiary/aromatic N) is 7. The second-order valence-corrected chi connectivity index (χ2v) is 9.74. The lowest BCUT2D eigenvalue weighted by molar-refractivity contribution is -0.132. The van der Waals surface area contributed by atoms with Gasteiger partial charge in [-0.25, -0.2) is 4.52 Å². The number of piperidine rings is 1. The van der Waals surface area contributed by atoms with Crippen LogP contribution in [0.25, 0.3) is 16.6 Å². The van der Waals surface area contributed by atoms with Gasteiger partial charge >= 0.3 is 0 Å². The van der Waals surface area contributed by atoms with Crippen molar-refractivity contribution in [3.63, 3.8) is 0 Å². The molecule has 8 nitrogen and oxygen atoms in total. The first-order valence-electron chi connectivity index (χ1n) is 12.5. The van der Waals surface area contributed by atoms with E-state index in [0.717, 1.165) is 88.1 Å². The van der Waals surface area contributed by atoms with Gasteiger partial charge in [0.25, 0.3) is 0 Å². The Labute approximate surface area is 194 Å². The Hall–Kier alpha value is -2.87. The summed E-state index contributed by atoms with van der Waals surface area (Å²) in [5, 5.41) is 9.28. The zero-order chi connectivity index (χ0) is 22.4. The number of rotatable bonds is 5. The Kier molecular flexibility index (Phi) is 5.32. The molecule has 2 aliphatic heterocycles. The van der Waals surface area contributed by atoms with Crippen LogP contribution in [0, 0.1) is 5.92 Å². The summed E-state index contributed by atoms with van der Waals surface area (Å²) in [5.74, 6) is 0.661. The van der Waals surface area contributed by atoms with Crippen LogP contribution < -0.4 is 4.90 Å². The molecule has 1 aliphatic carbocycles. The Balaban J connectivity index is 1.19. The van der Waals surface area contributed by atoms with Crippen LogP contribution in [0.15, 0.2) is 36.9 Å². The average molecular weight is 448 g/mol. The molecule has 174 valence electrons. The maximum atomic E-state index is 12.4. The Morgan fingerprint density at radius 1 is 0.970 bits per heavy atom. The predicted molar refractivity (Wildman–Crippen MR) is 128 cm³/mol. The van der Waals surface area contributed by atoms with Crippen molar-refractivity contribution < 1.29 is 4.79 Å². The molecule has 0 radical (unpaired) electrons. The average Bonchev–Trinajstić information content (AvgIpc) is 3.43. The lowest BCUT2D eigenvalue weighted by Gasteiger charge is -2.36. The van der Waals surface area contributed by atoms with Gasteiger partial charge in [-0.15, -0.1) is 0 Å². The topological polar surface area (TPSA) is 61.9 Å². The molecule has 2 saturated heterocycles. The Morgan fingerprint density at radius 2 is 1.76 bits per heavy atom. The fraction of sp³-hybridized carbons (Fsp3) is 0.560. The fourth-order valence-electron chi connectivity index (χ4n) is 5.37. The molecular weight excluding hydrogens is 414 g/mol. The molecule has 3 aliphatic rings. The SMILES string of the molecule is CCN1CCC(n2cc(-c3cc4c(N5CCN(C(=O)C6CC6)CC5)ccnn4c3)cn2)CC1. The van der Waals surface area contributed by atoms with Gasteiger partial charge in [-0.05, 0) is 44.4 Å². The molecule has 0 unspecified atom stereocenters. The van der Waals surface area contributed by atoms with Crippen molar-refractivity contribution in [3.8, 4) is 11.1 Å². The van der Waals surface area contributed by atoms with Gasteiger partial charge in [-0.3, -0.25) is 9.48 Å². The zero-order valence-corrected chi connectivity index (χ0v) is 19.4. The van der Waals surface area contributed by atoms with Gasteiger partial charge in [0.05, 0.1) is 23.4 Å². The molecule has 3 fully saturated rings. The molecule has 6 rings (SSSR count). The molecule has 33 heavy (non-hydrogen) atoms. The molecular formula is C25H33N7O. The molecule has 1 amide bonds. The molecule has 0 bridgehead atoms. The first-order chi connectivity index (χ1) is 16.2. The minimum absolute atomic E-state index is 0.303. The third-order valence-electron chi connectivity index (χ3n) is 7.66. The highest BCUT2D eigenvalue weighted by Gasteiger charge is 2.34. The third kappa shape index (κ3) is 4.01. The van der Waals surface area contributed by atoms with E-state index in [4.69, 9.17) is 5.10 Å². The number of hydrogen-bond acceptors (Lipinski definition) is 5. The van der Waals surface area contributed by atoms with E-state index >= 15 is 0 Å². The van der Waals surface area contributed by atoms with Crippen molar-refractivity contribution in [1.82, 2.24) is 29.2 Å². The van der Waals surface area contributed by atoms with Gasteiger partial charge in [0, 0.05) is 74.9 Å². The number of piperazine rings is 1. The van der Waals surface area contributed by atoms with Crippen molar-refractivity contribution in [2.75, 3.05) is 50.7 Å². The first-order valence-corrected chi connectivity index (χ1v) is 12.5. The molecule has 0 atom stereocenters. The van der Waals surface area contributed by atoms with Crippen LogP contribution in [0.4, 0.5) is 5.69 Å². The standard InChI is InChI=1S/C25H33N7O/c1-2-28-9-6-22(7-10-28)31-18-21(16-27-31)20-15-24-23(5-8-26-32(24)17-20)29-11-13-30(14-12-29)25(33)19-3-4-19/h5,8,15-19,22H,2-4,6-7,9-14H2,1H3. The predicted octanol–water partition coefficient (Wildman–Crippen LogP) is 2.91. The van der Waals surface area contributed by atoms with E-state index in [-0.39, 0.29) is 0 Å². The summed E-state index contributed by atoms with van der Waals surface area (Å²) in [6, 6.07) is 4.81. The number of carbonyl (C=O) groups is 1. The van der Waals surface area contributed by atoms with Crippen LogP contribution in [0.3, 0.4) is 0 Å². The fourth-order valence-corrected chi connectivity index (χ4v) is 5.37. The minimum Gasteiger partial charge on any atom is -0.366 e. The number of aromatic nitrogens is 4. The number of likely N-dealkylation sites (tertiary alicyclic amines) is 1. The number of amides is 1. The molecule has 0 aromatic carbocycles. The van der Waals surface area contributed by atoms with E-state index in [1.54, 1.807) is 0 Å². The van der Waals surface area contributed by atoms with E-state index < -0.39 is 0 Å². The van der Waals surface area contributed by atoms with Gasteiger partial charge in [0.2, 0.25) is 5.91 Å². The molecule has 8 heteroatoms. The van der Waals surface area contributed by atoms with Gasteiger partial charge in [0.1, 0.15) is 0 Å². The van der Waals surface area contributed by atoms with Crippen molar-refractivity contribution in [2.24, 2.45) is 5.92 Å². The highest BCUT2D eigenvalue weighted by molar-refractivity contribution is 5.82. The molecule has 1 saturated carbocycles. The summed E-state index contributed by atoms with van der Waals surface area (Å²) in [6.45, 7) is 9.02. The maximum Gasteiger partial charge on any atom is 0.225 e. The number of fused-ring (bicyclic) bond motifs is 1. The second kappa shape index (κ2) is 8.48. The van der Waals surface area contributed by atoms with Crippen molar-refractivity contribution >= 4 is 17.1 Å². The molecule has 3 aromatic heterocycles. The number of carbonyl (C=O) groups excluding carboxylic acids is 1. The normalized spacial score (nSPS) is 20.6. The van der Waals surface area contributed by atoms with Gasteiger partial charge in [-0.1, -0.05) is 6.92 Å². The highest BCUT2D eigenvalue weighted by atomic mass is 16.2. The van der Waals surface area contributed by atoms with Crippen LogP contribution >= 0.6 is 0 Å². The quantitative estimate of drug-likeness (QED) is 0.602. The zero-order valence-electron chi connectivity index (χ0n) is 19.4. The number of hydrogen-bond donors (Lipinski definition) is 0. The molecule has 3 aromatic rings. The smallest absolute Gasteiger partial charge is 0.225 e. The highest BCUT2D eigenvalue weighted by Crippen LogP contribution is 2.33. The van der Waals surface area contributed by atoms with Crippen LogP contribution in [0.5, 0.6) is 0 Å². The summed E-state index contributed by atoms with van der Waals surface area (Å²) < 4.78 is 4.14. The number of anilines is 1. The summed E-state index contributed by atoms with van der Waals surface area (Å²) in [6.07, 6.45) is 12.6. The van der Waals surface area contributed by atoms with Crippen LogP contribution in [0.1, 0.15) is 38.6 Å².